The first-order valence-electron chi connectivity index (χ1n) is 5.27. The number of benzene rings is 1. The van der Waals surface area contributed by atoms with Crippen molar-refractivity contribution in [3.8, 4) is 0 Å². The van der Waals surface area contributed by atoms with Crippen LogP contribution in [0.25, 0.3) is 0 Å². The van der Waals surface area contributed by atoms with Crippen molar-refractivity contribution < 1.29 is 18.4 Å². The molecule has 0 aromatic heterocycles. The first-order chi connectivity index (χ1) is 7.99. The highest BCUT2D eigenvalue weighted by molar-refractivity contribution is 7.54. The minimum Gasteiger partial charge on any atom is -0.312 e. The molecule has 0 aliphatic carbocycles. The van der Waals surface area contributed by atoms with Crippen LogP contribution in [0.15, 0.2) is 24.3 Å². The molecule has 94 valence electrons. The van der Waals surface area contributed by atoms with Gasteiger partial charge in [-0.2, -0.15) is 0 Å². The molecule has 0 fully saturated rings. The number of hydrogen-bond acceptors (Lipinski definition) is 4. The molecule has 1 rings (SSSR count). The number of carbonyl (C=O) groups is 1. The van der Waals surface area contributed by atoms with Crippen LogP contribution in [0.5, 0.6) is 0 Å². The molecule has 0 bridgehead atoms. The summed E-state index contributed by atoms with van der Waals surface area (Å²) in [6.45, 7) is 1.98. The summed E-state index contributed by atoms with van der Waals surface area (Å²) in [5.41, 5.74) is 2.04. The van der Waals surface area contributed by atoms with Crippen molar-refractivity contribution in [3.63, 3.8) is 0 Å². The molecular formula is C12H17O4P. The van der Waals surface area contributed by atoms with Gasteiger partial charge in [0.05, 0.1) is 0 Å². The van der Waals surface area contributed by atoms with E-state index < -0.39 is 7.60 Å². The normalized spacial score (nSPS) is 11.5. The van der Waals surface area contributed by atoms with Gasteiger partial charge < -0.3 is 9.05 Å². The van der Waals surface area contributed by atoms with Crippen LogP contribution in [0.2, 0.25) is 0 Å². The van der Waals surface area contributed by atoms with Crippen molar-refractivity contribution >= 4 is 13.4 Å². The Hall–Kier alpha value is -0.960. The molecule has 5 heteroatoms. The van der Waals surface area contributed by atoms with Crippen LogP contribution in [-0.4, -0.2) is 26.2 Å². The summed E-state index contributed by atoms with van der Waals surface area (Å²) in [6.07, 6.45) is 0.0604. The molecule has 0 heterocycles. The standard InChI is InChI=1S/C12H17O4P/c1-10-4-6-11(7-5-10)8-12(13)9-17(14,15-2)16-3/h4-7H,8-9H2,1-3H3. The van der Waals surface area contributed by atoms with Gasteiger partial charge in [0.1, 0.15) is 11.9 Å². The average Bonchev–Trinajstić information content (AvgIpc) is 2.32. The van der Waals surface area contributed by atoms with E-state index in [1.54, 1.807) is 0 Å². The quantitative estimate of drug-likeness (QED) is 0.734. The Kier molecular flexibility index (Phi) is 5.06. The fraction of sp³-hybridized carbons (Fsp3) is 0.417. The van der Waals surface area contributed by atoms with E-state index in [9.17, 15) is 9.36 Å². The number of ketones is 1. The second kappa shape index (κ2) is 6.10. The fourth-order valence-corrected chi connectivity index (χ4v) is 2.36. The lowest BCUT2D eigenvalue weighted by molar-refractivity contribution is -0.116. The van der Waals surface area contributed by atoms with Gasteiger partial charge in [-0.05, 0) is 12.5 Å². The Bertz CT molecular complexity index is 417. The maximum atomic E-state index is 11.7. The number of hydrogen-bond donors (Lipinski definition) is 0. The van der Waals surface area contributed by atoms with Crippen LogP contribution in [0, 0.1) is 6.92 Å². The topological polar surface area (TPSA) is 52.6 Å². The molecule has 0 aliphatic heterocycles. The lowest BCUT2D eigenvalue weighted by atomic mass is 10.1. The zero-order valence-corrected chi connectivity index (χ0v) is 11.2. The molecule has 0 unspecified atom stereocenters. The van der Waals surface area contributed by atoms with Crippen molar-refractivity contribution in [1.29, 1.82) is 0 Å². The smallest absolute Gasteiger partial charge is 0.312 e. The highest BCUT2D eigenvalue weighted by Crippen LogP contribution is 2.46. The average molecular weight is 256 g/mol. The lowest BCUT2D eigenvalue weighted by Gasteiger charge is -2.12. The van der Waals surface area contributed by atoms with Crippen molar-refractivity contribution in [2.75, 3.05) is 20.4 Å². The van der Waals surface area contributed by atoms with Crippen molar-refractivity contribution in [2.24, 2.45) is 0 Å². The maximum Gasteiger partial charge on any atom is 0.337 e. The number of carbonyl (C=O) groups excluding carboxylic acids is 1. The van der Waals surface area contributed by atoms with Gasteiger partial charge >= 0.3 is 7.60 Å². The minimum atomic E-state index is -3.23. The van der Waals surface area contributed by atoms with Gasteiger partial charge in [-0.15, -0.1) is 0 Å². The van der Waals surface area contributed by atoms with Gasteiger partial charge in [0.25, 0.3) is 0 Å². The number of rotatable bonds is 6. The number of Topliss-reactive ketones (excluding diaryl/α,β-unsaturated/α-hetero) is 1. The van der Waals surface area contributed by atoms with Crippen LogP contribution >= 0.6 is 7.60 Å². The van der Waals surface area contributed by atoms with E-state index in [0.717, 1.165) is 11.1 Å². The zero-order valence-electron chi connectivity index (χ0n) is 10.3. The zero-order chi connectivity index (χ0) is 12.9. The van der Waals surface area contributed by atoms with E-state index in [1.165, 1.54) is 14.2 Å². The first kappa shape index (κ1) is 14.1. The molecule has 0 saturated heterocycles. The van der Waals surface area contributed by atoms with E-state index in [2.05, 4.69) is 0 Å². The molecule has 0 spiro atoms. The van der Waals surface area contributed by atoms with Crippen LogP contribution in [0.1, 0.15) is 11.1 Å². The monoisotopic (exact) mass is 256 g/mol. The van der Waals surface area contributed by atoms with Gasteiger partial charge in [0.15, 0.2) is 0 Å². The van der Waals surface area contributed by atoms with Gasteiger partial charge in [0, 0.05) is 20.6 Å². The second-order valence-corrected chi connectivity index (χ2v) is 6.10. The summed E-state index contributed by atoms with van der Waals surface area (Å²) in [6, 6.07) is 7.65. The predicted octanol–water partition coefficient (Wildman–Crippen LogP) is 2.59. The Balaban J connectivity index is 2.61. The van der Waals surface area contributed by atoms with Gasteiger partial charge in [-0.25, -0.2) is 0 Å². The van der Waals surface area contributed by atoms with Crippen molar-refractivity contribution in [1.82, 2.24) is 0 Å². The SMILES string of the molecule is COP(=O)(CC(=O)Cc1ccc(C)cc1)OC. The van der Waals surface area contributed by atoms with E-state index >= 15 is 0 Å². The van der Waals surface area contributed by atoms with Crippen LogP contribution in [0.4, 0.5) is 0 Å². The van der Waals surface area contributed by atoms with Gasteiger partial charge in [0.2, 0.25) is 0 Å². The summed E-state index contributed by atoms with van der Waals surface area (Å²) >= 11 is 0. The third kappa shape index (κ3) is 4.43. The highest BCUT2D eigenvalue weighted by Gasteiger charge is 2.25. The molecule has 0 aliphatic rings. The Labute approximate surface area is 101 Å². The Morgan fingerprint density at radius 3 is 2.18 bits per heavy atom. The molecule has 1 aromatic carbocycles. The molecule has 0 atom stereocenters. The maximum absolute atomic E-state index is 11.7. The van der Waals surface area contributed by atoms with E-state index in [0.29, 0.717) is 0 Å². The van der Waals surface area contributed by atoms with Crippen molar-refractivity contribution in [3.05, 3.63) is 35.4 Å². The van der Waals surface area contributed by atoms with Crippen LogP contribution in [-0.2, 0) is 24.8 Å². The van der Waals surface area contributed by atoms with Gasteiger partial charge in [-0.3, -0.25) is 9.36 Å². The molecular weight excluding hydrogens is 239 g/mol. The van der Waals surface area contributed by atoms with E-state index in [1.807, 2.05) is 31.2 Å². The molecule has 0 saturated carbocycles. The molecule has 0 radical (unpaired) electrons. The molecule has 17 heavy (non-hydrogen) atoms. The highest BCUT2D eigenvalue weighted by atomic mass is 31.2. The first-order valence-corrected chi connectivity index (χ1v) is 6.99. The second-order valence-electron chi connectivity index (χ2n) is 3.84. The lowest BCUT2D eigenvalue weighted by Crippen LogP contribution is -2.10. The Morgan fingerprint density at radius 1 is 1.18 bits per heavy atom. The third-order valence-corrected chi connectivity index (χ3v) is 4.30. The van der Waals surface area contributed by atoms with Crippen LogP contribution < -0.4 is 0 Å². The van der Waals surface area contributed by atoms with E-state index in [4.69, 9.17) is 9.05 Å². The minimum absolute atomic E-state index is 0.152. The van der Waals surface area contributed by atoms with Gasteiger partial charge in [-0.1, -0.05) is 29.8 Å². The fourth-order valence-electron chi connectivity index (χ4n) is 1.41. The third-order valence-electron chi connectivity index (χ3n) is 2.45. The largest absolute Gasteiger partial charge is 0.337 e. The molecule has 0 N–H and O–H groups in total. The molecule has 0 amide bonds. The summed E-state index contributed by atoms with van der Waals surface area (Å²) < 4.78 is 21.2. The molecule has 4 nitrogen and oxygen atoms in total. The summed E-state index contributed by atoms with van der Waals surface area (Å²) in [5, 5.41) is 0. The van der Waals surface area contributed by atoms with Crippen molar-refractivity contribution in [2.45, 2.75) is 13.3 Å². The number of aryl methyl sites for hydroxylation is 1. The molecule has 1 aromatic rings. The summed E-state index contributed by atoms with van der Waals surface area (Å²) in [5.74, 6) is -0.152. The summed E-state index contributed by atoms with van der Waals surface area (Å²) in [7, 11) is -0.671. The predicted molar refractivity (Wildman–Crippen MR) is 66.4 cm³/mol. The Morgan fingerprint density at radius 2 is 1.71 bits per heavy atom. The van der Waals surface area contributed by atoms with Crippen LogP contribution in [0.3, 0.4) is 0 Å². The summed E-state index contributed by atoms with van der Waals surface area (Å²) in [4.78, 5) is 11.7. The van der Waals surface area contributed by atoms with E-state index in [-0.39, 0.29) is 18.4 Å².